The highest BCUT2D eigenvalue weighted by Crippen LogP contribution is 2.19. The molecule has 0 aliphatic carbocycles. The Morgan fingerprint density at radius 2 is 1.52 bits per heavy atom. The van der Waals surface area contributed by atoms with Crippen LogP contribution in [0.4, 0.5) is 0 Å². The standard InChI is InChI=1S/C19H20OSi/c1-20-15-21(18-11-3-2-4-12-18)14-17-10-7-9-16-8-5-6-13-19(16)17/h2-13,21H,14-15H2,1H3. The highest BCUT2D eigenvalue weighted by atomic mass is 28.3. The van der Waals surface area contributed by atoms with Crippen LogP contribution in [0.15, 0.2) is 72.8 Å². The van der Waals surface area contributed by atoms with Crippen LogP contribution in [0.2, 0.25) is 0 Å². The molecule has 21 heavy (non-hydrogen) atoms. The lowest BCUT2D eigenvalue weighted by Crippen LogP contribution is -2.37. The largest absolute Gasteiger partial charge is 0.388 e. The molecule has 3 aromatic rings. The maximum absolute atomic E-state index is 5.50. The molecule has 1 nitrogen and oxygen atoms in total. The van der Waals surface area contributed by atoms with Crippen molar-refractivity contribution in [1.29, 1.82) is 0 Å². The summed E-state index contributed by atoms with van der Waals surface area (Å²) in [6.45, 7) is 0. The van der Waals surface area contributed by atoms with Gasteiger partial charge in [0.1, 0.15) is 8.80 Å². The van der Waals surface area contributed by atoms with Crippen molar-refractivity contribution in [3.05, 3.63) is 78.4 Å². The molecule has 3 aromatic carbocycles. The molecule has 1 unspecified atom stereocenters. The van der Waals surface area contributed by atoms with Crippen LogP contribution >= 0.6 is 0 Å². The van der Waals surface area contributed by atoms with E-state index in [0.717, 1.165) is 12.3 Å². The third-order valence-corrected chi connectivity index (χ3v) is 6.98. The molecule has 0 fully saturated rings. The zero-order chi connectivity index (χ0) is 14.5. The van der Waals surface area contributed by atoms with Crippen LogP contribution in [0.5, 0.6) is 0 Å². The summed E-state index contributed by atoms with van der Waals surface area (Å²) in [6, 6.07) is 27.3. The van der Waals surface area contributed by atoms with E-state index in [9.17, 15) is 0 Å². The molecular weight excluding hydrogens is 272 g/mol. The average Bonchev–Trinajstić information content (AvgIpc) is 2.55. The second kappa shape index (κ2) is 6.70. The van der Waals surface area contributed by atoms with Gasteiger partial charge in [0.25, 0.3) is 0 Å². The second-order valence-electron chi connectivity index (χ2n) is 5.41. The van der Waals surface area contributed by atoms with Crippen molar-refractivity contribution < 1.29 is 4.74 Å². The van der Waals surface area contributed by atoms with Gasteiger partial charge in [0.05, 0.1) is 0 Å². The SMILES string of the molecule is COC[SiH](Cc1cccc2ccccc12)c1ccccc1. The van der Waals surface area contributed by atoms with Gasteiger partial charge in [-0.2, -0.15) is 0 Å². The summed E-state index contributed by atoms with van der Waals surface area (Å²) in [4.78, 5) is 0. The normalized spacial score (nSPS) is 12.4. The summed E-state index contributed by atoms with van der Waals surface area (Å²) in [5.41, 5.74) is 1.45. The average molecular weight is 292 g/mol. The number of methoxy groups -OCH3 is 1. The van der Waals surface area contributed by atoms with Crippen LogP contribution < -0.4 is 5.19 Å². The van der Waals surface area contributed by atoms with E-state index in [-0.39, 0.29) is 0 Å². The number of ether oxygens (including phenoxy) is 1. The number of rotatable bonds is 5. The quantitative estimate of drug-likeness (QED) is 0.656. The van der Waals surface area contributed by atoms with Crippen molar-refractivity contribution >= 4 is 24.8 Å². The van der Waals surface area contributed by atoms with Crippen LogP contribution in [-0.2, 0) is 10.8 Å². The lowest BCUT2D eigenvalue weighted by atomic mass is 10.1. The molecule has 0 saturated heterocycles. The monoisotopic (exact) mass is 292 g/mol. The van der Waals surface area contributed by atoms with E-state index < -0.39 is 8.80 Å². The second-order valence-corrected chi connectivity index (χ2v) is 8.21. The molecule has 0 aromatic heterocycles. The van der Waals surface area contributed by atoms with Crippen LogP contribution in [0.1, 0.15) is 5.56 Å². The molecule has 3 rings (SSSR count). The minimum absolute atomic E-state index is 0.882. The third kappa shape index (κ3) is 3.23. The van der Waals surface area contributed by atoms with E-state index in [0.29, 0.717) is 0 Å². The van der Waals surface area contributed by atoms with Crippen LogP contribution in [0.3, 0.4) is 0 Å². The highest BCUT2D eigenvalue weighted by molar-refractivity contribution is 6.72. The van der Waals surface area contributed by atoms with E-state index in [4.69, 9.17) is 4.74 Å². The molecule has 2 heteroatoms. The van der Waals surface area contributed by atoms with Gasteiger partial charge in [-0.3, -0.25) is 0 Å². The van der Waals surface area contributed by atoms with E-state index in [1.54, 1.807) is 0 Å². The molecule has 0 aliphatic heterocycles. The molecule has 0 saturated carbocycles. The van der Waals surface area contributed by atoms with Crippen molar-refractivity contribution in [2.75, 3.05) is 13.3 Å². The summed E-state index contributed by atoms with van der Waals surface area (Å²) >= 11 is 0. The van der Waals surface area contributed by atoms with Crippen molar-refractivity contribution in [3.8, 4) is 0 Å². The van der Waals surface area contributed by atoms with Gasteiger partial charge in [-0.1, -0.05) is 78.0 Å². The fraction of sp³-hybridized carbons (Fsp3) is 0.158. The van der Waals surface area contributed by atoms with Gasteiger partial charge in [0, 0.05) is 13.3 Å². The number of hydrogen-bond donors (Lipinski definition) is 0. The van der Waals surface area contributed by atoms with Crippen molar-refractivity contribution in [2.45, 2.75) is 6.04 Å². The molecule has 0 N–H and O–H groups in total. The Hall–Kier alpha value is -1.90. The Labute approximate surface area is 127 Å². The Morgan fingerprint density at radius 1 is 0.810 bits per heavy atom. The number of hydrogen-bond acceptors (Lipinski definition) is 1. The number of benzene rings is 3. The van der Waals surface area contributed by atoms with Gasteiger partial charge in [-0.25, -0.2) is 0 Å². The Bertz CT molecular complexity index is 704. The lowest BCUT2D eigenvalue weighted by molar-refractivity contribution is 0.249. The topological polar surface area (TPSA) is 9.23 Å². The predicted octanol–water partition coefficient (Wildman–Crippen LogP) is 3.24. The zero-order valence-corrected chi connectivity index (χ0v) is 13.5. The first-order valence-electron chi connectivity index (χ1n) is 7.39. The van der Waals surface area contributed by atoms with Crippen LogP contribution in [0.25, 0.3) is 10.8 Å². The number of fused-ring (bicyclic) bond motifs is 1. The first-order valence-corrected chi connectivity index (χ1v) is 9.60. The van der Waals surface area contributed by atoms with Gasteiger partial charge in [0.2, 0.25) is 0 Å². The Kier molecular flexibility index (Phi) is 4.48. The fourth-order valence-electron chi connectivity index (χ4n) is 2.94. The molecule has 0 bridgehead atoms. The summed E-state index contributed by atoms with van der Waals surface area (Å²) in [6.07, 6.45) is 0.882. The van der Waals surface area contributed by atoms with Gasteiger partial charge >= 0.3 is 0 Å². The minimum Gasteiger partial charge on any atom is -0.388 e. The summed E-state index contributed by atoms with van der Waals surface area (Å²) in [7, 11) is 0.663. The molecule has 0 amide bonds. The Morgan fingerprint density at radius 3 is 2.33 bits per heavy atom. The van der Waals surface area contributed by atoms with E-state index in [1.807, 2.05) is 7.11 Å². The molecular formula is C19H20OSi. The van der Waals surface area contributed by atoms with E-state index in [1.165, 1.54) is 21.5 Å². The van der Waals surface area contributed by atoms with E-state index in [2.05, 4.69) is 72.8 Å². The van der Waals surface area contributed by atoms with Gasteiger partial charge in [-0.15, -0.1) is 0 Å². The molecule has 0 heterocycles. The van der Waals surface area contributed by atoms with E-state index >= 15 is 0 Å². The third-order valence-electron chi connectivity index (χ3n) is 3.99. The smallest absolute Gasteiger partial charge is 0.104 e. The molecule has 0 radical (unpaired) electrons. The summed E-state index contributed by atoms with van der Waals surface area (Å²) in [5.74, 6) is 0. The first-order chi connectivity index (χ1) is 10.4. The maximum atomic E-state index is 5.50. The van der Waals surface area contributed by atoms with Gasteiger partial charge in [-0.05, 0) is 22.4 Å². The highest BCUT2D eigenvalue weighted by Gasteiger charge is 2.15. The lowest BCUT2D eigenvalue weighted by Gasteiger charge is -2.16. The van der Waals surface area contributed by atoms with Crippen molar-refractivity contribution in [1.82, 2.24) is 0 Å². The first kappa shape index (κ1) is 14.1. The predicted molar refractivity (Wildman–Crippen MR) is 92.8 cm³/mol. The van der Waals surface area contributed by atoms with Crippen molar-refractivity contribution in [2.24, 2.45) is 0 Å². The molecule has 1 atom stereocenters. The fourth-order valence-corrected chi connectivity index (χ4v) is 5.54. The summed E-state index contributed by atoms with van der Waals surface area (Å²) < 4.78 is 5.50. The molecule has 0 aliphatic rings. The van der Waals surface area contributed by atoms with Crippen LogP contribution in [-0.4, -0.2) is 22.1 Å². The molecule has 0 spiro atoms. The van der Waals surface area contributed by atoms with Crippen LogP contribution in [0, 0.1) is 0 Å². The Balaban J connectivity index is 1.95. The van der Waals surface area contributed by atoms with Gasteiger partial charge in [0.15, 0.2) is 0 Å². The summed E-state index contributed by atoms with van der Waals surface area (Å²) in [5, 5.41) is 4.19. The van der Waals surface area contributed by atoms with Crippen molar-refractivity contribution in [3.63, 3.8) is 0 Å². The van der Waals surface area contributed by atoms with Gasteiger partial charge < -0.3 is 4.74 Å². The zero-order valence-electron chi connectivity index (χ0n) is 12.3. The molecule has 106 valence electrons. The minimum atomic E-state index is -1.15. The maximum Gasteiger partial charge on any atom is 0.104 e.